The van der Waals surface area contributed by atoms with E-state index in [1.807, 2.05) is 0 Å². The van der Waals surface area contributed by atoms with E-state index in [9.17, 15) is 27.2 Å². The third-order valence-corrected chi connectivity index (χ3v) is 5.31. The highest BCUT2D eigenvalue weighted by atomic mass is 35.5. The van der Waals surface area contributed by atoms with Crippen molar-refractivity contribution >= 4 is 28.4 Å². The Morgan fingerprint density at radius 1 is 1.12 bits per heavy atom. The summed E-state index contributed by atoms with van der Waals surface area (Å²) < 4.78 is 59.8. The van der Waals surface area contributed by atoms with Gasteiger partial charge in [0.25, 0.3) is 5.91 Å². The van der Waals surface area contributed by atoms with Gasteiger partial charge in [0.1, 0.15) is 23.0 Å². The Kier molecular flexibility index (Phi) is 5.78. The van der Waals surface area contributed by atoms with Crippen LogP contribution >= 0.6 is 11.6 Å². The molecular formula is C23H14ClF4N3O3. The fourth-order valence-electron chi connectivity index (χ4n) is 3.44. The van der Waals surface area contributed by atoms with E-state index in [1.54, 1.807) is 0 Å². The van der Waals surface area contributed by atoms with E-state index in [2.05, 4.69) is 9.97 Å². The van der Waals surface area contributed by atoms with E-state index in [4.69, 9.17) is 22.1 Å². The van der Waals surface area contributed by atoms with Crippen LogP contribution in [0.15, 0.2) is 53.5 Å². The number of amides is 1. The quantitative estimate of drug-likeness (QED) is 0.363. The zero-order chi connectivity index (χ0) is 24.8. The number of hydrogen-bond donors (Lipinski definition) is 2. The number of ether oxygens (including phenoxy) is 1. The van der Waals surface area contributed by atoms with Crippen LogP contribution in [0.4, 0.5) is 17.6 Å². The molecule has 4 aromatic rings. The maximum absolute atomic E-state index is 13.5. The van der Waals surface area contributed by atoms with Gasteiger partial charge in [0, 0.05) is 17.8 Å². The third kappa shape index (κ3) is 4.32. The fourth-order valence-corrected chi connectivity index (χ4v) is 3.71. The predicted octanol–water partition coefficient (Wildman–Crippen LogP) is 5.60. The Bertz CT molecular complexity index is 1520. The summed E-state index contributed by atoms with van der Waals surface area (Å²) in [7, 11) is 0. The van der Waals surface area contributed by atoms with Crippen LogP contribution in [0.1, 0.15) is 21.6 Å². The second-order valence-electron chi connectivity index (χ2n) is 7.33. The van der Waals surface area contributed by atoms with Gasteiger partial charge in [-0.25, -0.2) is 4.39 Å². The standard InChI is InChI=1S/C23H14ClF4N3O3/c1-10-6-11(25)2-3-18(10)34-19-8-13(23(26,27)28)14(24)7-12(19)16-9-17(32)20-15(31-16)4-5-30-21(20)22(29)33/h2-9H,1H3,(H2,29,33)(H,31,32). The number of aromatic amines is 1. The third-order valence-electron chi connectivity index (χ3n) is 5.00. The first-order valence-electron chi connectivity index (χ1n) is 9.62. The molecule has 0 aliphatic heterocycles. The number of benzene rings is 2. The van der Waals surface area contributed by atoms with E-state index in [-0.39, 0.29) is 39.4 Å². The van der Waals surface area contributed by atoms with Crippen LogP contribution in [-0.2, 0) is 6.18 Å². The zero-order valence-corrected chi connectivity index (χ0v) is 18.0. The summed E-state index contributed by atoms with van der Waals surface area (Å²) in [5.41, 5.74) is 3.82. The number of primary amides is 1. The molecule has 0 radical (unpaired) electrons. The summed E-state index contributed by atoms with van der Waals surface area (Å²) in [5, 5.41) is -0.701. The Morgan fingerprint density at radius 3 is 2.50 bits per heavy atom. The predicted molar refractivity (Wildman–Crippen MR) is 118 cm³/mol. The van der Waals surface area contributed by atoms with Gasteiger partial charge in [-0.05, 0) is 48.9 Å². The van der Waals surface area contributed by atoms with Gasteiger partial charge < -0.3 is 15.5 Å². The van der Waals surface area contributed by atoms with Crippen LogP contribution < -0.4 is 15.9 Å². The largest absolute Gasteiger partial charge is 0.456 e. The number of H-pyrrole nitrogens is 1. The van der Waals surface area contributed by atoms with Gasteiger partial charge in [0.15, 0.2) is 5.43 Å². The molecule has 2 aromatic heterocycles. The number of nitrogens with zero attached hydrogens (tertiary/aromatic N) is 1. The second-order valence-corrected chi connectivity index (χ2v) is 7.74. The minimum Gasteiger partial charge on any atom is -0.456 e. The topological polar surface area (TPSA) is 98.1 Å². The van der Waals surface area contributed by atoms with Gasteiger partial charge in [0.2, 0.25) is 0 Å². The van der Waals surface area contributed by atoms with E-state index in [0.29, 0.717) is 11.6 Å². The highest BCUT2D eigenvalue weighted by Gasteiger charge is 2.35. The minimum absolute atomic E-state index is 0.0261. The molecule has 2 aromatic carbocycles. The van der Waals surface area contributed by atoms with Gasteiger partial charge in [0.05, 0.1) is 27.2 Å². The number of pyridine rings is 2. The number of fused-ring (bicyclic) bond motifs is 1. The molecule has 0 saturated carbocycles. The summed E-state index contributed by atoms with van der Waals surface area (Å²) >= 11 is 5.93. The highest BCUT2D eigenvalue weighted by molar-refractivity contribution is 6.31. The van der Waals surface area contributed by atoms with E-state index < -0.39 is 33.9 Å². The summed E-state index contributed by atoms with van der Waals surface area (Å²) in [5.74, 6) is -1.65. The van der Waals surface area contributed by atoms with Crippen molar-refractivity contribution in [1.29, 1.82) is 0 Å². The smallest absolute Gasteiger partial charge is 0.417 e. The normalized spacial score (nSPS) is 11.6. The lowest BCUT2D eigenvalue weighted by atomic mass is 10.0. The van der Waals surface area contributed by atoms with Gasteiger partial charge in [-0.15, -0.1) is 0 Å². The van der Waals surface area contributed by atoms with Crippen LogP contribution in [0.5, 0.6) is 11.5 Å². The average Bonchev–Trinajstić information content (AvgIpc) is 2.75. The van der Waals surface area contributed by atoms with Crippen molar-refractivity contribution in [2.24, 2.45) is 5.73 Å². The monoisotopic (exact) mass is 491 g/mol. The Balaban J connectivity index is 1.97. The van der Waals surface area contributed by atoms with Crippen molar-refractivity contribution in [2.75, 3.05) is 0 Å². The molecule has 1 amide bonds. The first kappa shape index (κ1) is 23.2. The maximum atomic E-state index is 13.5. The number of nitrogens with one attached hydrogen (secondary N) is 1. The second kappa shape index (κ2) is 8.45. The average molecular weight is 492 g/mol. The molecule has 34 heavy (non-hydrogen) atoms. The van der Waals surface area contributed by atoms with E-state index in [1.165, 1.54) is 25.3 Å². The molecule has 0 bridgehead atoms. The van der Waals surface area contributed by atoms with Gasteiger partial charge in [-0.3, -0.25) is 14.6 Å². The van der Waals surface area contributed by atoms with Crippen LogP contribution in [0.3, 0.4) is 0 Å². The lowest BCUT2D eigenvalue weighted by Crippen LogP contribution is -2.17. The number of nitrogens with two attached hydrogens (primary N) is 1. The van der Waals surface area contributed by atoms with Gasteiger partial charge in [-0.1, -0.05) is 11.6 Å². The van der Waals surface area contributed by atoms with Crippen molar-refractivity contribution in [3.63, 3.8) is 0 Å². The van der Waals surface area contributed by atoms with E-state index in [0.717, 1.165) is 24.3 Å². The van der Waals surface area contributed by atoms with Crippen molar-refractivity contribution in [2.45, 2.75) is 13.1 Å². The van der Waals surface area contributed by atoms with Crippen LogP contribution in [0.25, 0.3) is 22.2 Å². The van der Waals surface area contributed by atoms with Crippen LogP contribution in [0, 0.1) is 12.7 Å². The molecule has 174 valence electrons. The highest BCUT2D eigenvalue weighted by Crippen LogP contribution is 2.43. The van der Waals surface area contributed by atoms with Crippen LogP contribution in [0.2, 0.25) is 5.02 Å². The molecule has 4 rings (SSSR count). The summed E-state index contributed by atoms with van der Waals surface area (Å²) in [6, 6.07) is 7.70. The molecule has 0 saturated heterocycles. The number of carbonyl (C=O) groups excluding carboxylic acids is 1. The minimum atomic E-state index is -4.79. The number of aryl methyl sites for hydroxylation is 1. The van der Waals surface area contributed by atoms with Gasteiger partial charge in [-0.2, -0.15) is 13.2 Å². The van der Waals surface area contributed by atoms with Crippen molar-refractivity contribution in [3.05, 3.63) is 86.5 Å². The van der Waals surface area contributed by atoms with Crippen molar-refractivity contribution < 1.29 is 27.1 Å². The Morgan fingerprint density at radius 2 is 1.85 bits per heavy atom. The van der Waals surface area contributed by atoms with Crippen molar-refractivity contribution in [1.82, 2.24) is 9.97 Å². The molecule has 3 N–H and O–H groups in total. The first-order chi connectivity index (χ1) is 16.0. The van der Waals surface area contributed by atoms with Crippen LogP contribution in [-0.4, -0.2) is 15.9 Å². The van der Waals surface area contributed by atoms with Gasteiger partial charge >= 0.3 is 6.18 Å². The number of alkyl halides is 3. The first-order valence-corrected chi connectivity index (χ1v) is 10.0. The molecule has 6 nitrogen and oxygen atoms in total. The fraction of sp³-hybridized carbons (Fsp3) is 0.0870. The molecule has 0 aliphatic rings. The summed E-state index contributed by atoms with van der Waals surface area (Å²) in [4.78, 5) is 31.2. The molecule has 0 unspecified atom stereocenters. The Hall–Kier alpha value is -3.92. The number of hydrogen-bond acceptors (Lipinski definition) is 4. The zero-order valence-electron chi connectivity index (χ0n) is 17.3. The number of aromatic nitrogens is 2. The number of carbonyl (C=O) groups is 1. The van der Waals surface area contributed by atoms with Crippen molar-refractivity contribution in [3.8, 4) is 22.8 Å². The summed E-state index contributed by atoms with van der Waals surface area (Å²) in [6.45, 7) is 1.52. The molecular weight excluding hydrogens is 478 g/mol. The van der Waals surface area contributed by atoms with E-state index >= 15 is 0 Å². The summed E-state index contributed by atoms with van der Waals surface area (Å²) in [6.07, 6.45) is -3.54. The molecule has 0 spiro atoms. The lowest BCUT2D eigenvalue weighted by Gasteiger charge is -2.17. The Labute approximate surface area is 194 Å². The number of rotatable bonds is 4. The molecule has 11 heteroatoms. The maximum Gasteiger partial charge on any atom is 0.417 e. The SMILES string of the molecule is Cc1cc(F)ccc1Oc1cc(C(F)(F)F)c(Cl)cc1-c1cc(=O)c2c(C(N)=O)nccc2[nH]1. The molecule has 2 heterocycles. The molecule has 0 fully saturated rings. The lowest BCUT2D eigenvalue weighted by molar-refractivity contribution is -0.137. The molecule has 0 atom stereocenters. The number of halogens is 5. The molecule has 0 aliphatic carbocycles.